The number of hydrogen-bond acceptors (Lipinski definition) is 9. The molecule has 3 aromatic rings. The topological polar surface area (TPSA) is 107 Å². The van der Waals surface area contributed by atoms with Crippen molar-refractivity contribution in [3.63, 3.8) is 0 Å². The summed E-state index contributed by atoms with van der Waals surface area (Å²) in [5.41, 5.74) is 0.717. The Hall–Kier alpha value is -2.25. The van der Waals surface area contributed by atoms with E-state index in [-0.39, 0.29) is 15.9 Å². The molecule has 3 heterocycles. The van der Waals surface area contributed by atoms with Crippen molar-refractivity contribution >= 4 is 46.1 Å². The summed E-state index contributed by atoms with van der Waals surface area (Å²) in [7, 11) is 1.55. The summed E-state index contributed by atoms with van der Waals surface area (Å²) in [5, 5.41) is 9.03. The van der Waals surface area contributed by atoms with Crippen molar-refractivity contribution in [2.75, 3.05) is 13.7 Å². The van der Waals surface area contributed by atoms with E-state index in [4.69, 9.17) is 49.5 Å². The maximum atomic E-state index is 9.03. The summed E-state index contributed by atoms with van der Waals surface area (Å²) in [6, 6.07) is 5.66. The van der Waals surface area contributed by atoms with Gasteiger partial charge in [-0.15, -0.1) is 11.3 Å². The molecule has 0 saturated carbocycles. The van der Waals surface area contributed by atoms with Crippen LogP contribution in [0.25, 0.3) is 10.6 Å². The van der Waals surface area contributed by atoms with Gasteiger partial charge in [-0.05, 0) is 41.7 Å². The molecule has 0 aliphatic heterocycles. The van der Waals surface area contributed by atoms with E-state index in [1.54, 1.807) is 13.2 Å². The van der Waals surface area contributed by atoms with Crippen LogP contribution in [-0.2, 0) is 0 Å². The van der Waals surface area contributed by atoms with Crippen LogP contribution in [0.5, 0.6) is 11.6 Å². The normalized spacial score (nSPS) is 9.78. The van der Waals surface area contributed by atoms with Crippen LogP contribution in [0.4, 0.5) is 0 Å². The molecule has 8 nitrogen and oxygen atoms in total. The molecule has 0 aliphatic carbocycles. The summed E-state index contributed by atoms with van der Waals surface area (Å²) in [6.07, 6.45) is 1.43. The van der Waals surface area contributed by atoms with Crippen LogP contribution in [0.1, 0.15) is 11.8 Å². The van der Waals surface area contributed by atoms with E-state index in [1.807, 2.05) is 13.0 Å². The first-order chi connectivity index (χ1) is 13.0. The first-order valence-corrected chi connectivity index (χ1v) is 9.17. The summed E-state index contributed by atoms with van der Waals surface area (Å²) in [6.45, 7) is 2.41. The van der Waals surface area contributed by atoms with Crippen molar-refractivity contribution in [1.82, 2.24) is 24.9 Å². The summed E-state index contributed by atoms with van der Waals surface area (Å²) in [4.78, 5) is 19.9. The predicted molar refractivity (Wildman–Crippen MR) is 103 cm³/mol. The molecule has 0 aromatic carbocycles. The Balaban J connectivity index is 0.000000244. The highest BCUT2D eigenvalue weighted by atomic mass is 35.5. The second kappa shape index (κ2) is 10.2. The lowest BCUT2D eigenvalue weighted by molar-refractivity contribution is 0.341. The quantitative estimate of drug-likeness (QED) is 0.584. The molecule has 0 N–H and O–H groups in total. The van der Waals surface area contributed by atoms with E-state index in [1.165, 1.54) is 17.7 Å². The molecule has 0 saturated heterocycles. The van der Waals surface area contributed by atoms with Gasteiger partial charge in [0, 0.05) is 12.1 Å². The standard InChI is InChI=1S/C12H11N3O2S.C3Cl3N3/c1-3-17-9-5-10(18-11(9)6-13)8-4-12(16-2)15-7-14-8;4-1-7-2(5)9-3(6)8-1/h4-5,7H,3H2,1-2H3;. The summed E-state index contributed by atoms with van der Waals surface area (Å²) < 4.78 is 10.4. The van der Waals surface area contributed by atoms with E-state index < -0.39 is 0 Å². The monoisotopic (exact) mass is 444 g/mol. The molecule has 140 valence electrons. The van der Waals surface area contributed by atoms with E-state index in [2.05, 4.69) is 31.0 Å². The van der Waals surface area contributed by atoms with Crippen molar-refractivity contribution < 1.29 is 9.47 Å². The van der Waals surface area contributed by atoms with Gasteiger partial charge >= 0.3 is 0 Å². The third kappa shape index (κ3) is 6.15. The van der Waals surface area contributed by atoms with Crippen LogP contribution < -0.4 is 9.47 Å². The largest absolute Gasteiger partial charge is 0.492 e. The van der Waals surface area contributed by atoms with Gasteiger partial charge in [0.15, 0.2) is 0 Å². The molecule has 0 unspecified atom stereocenters. The first-order valence-electron chi connectivity index (χ1n) is 7.22. The van der Waals surface area contributed by atoms with Crippen LogP contribution in [0.15, 0.2) is 18.5 Å². The van der Waals surface area contributed by atoms with Gasteiger partial charge in [0.25, 0.3) is 0 Å². The average molecular weight is 446 g/mol. The SMILES string of the molecule is CCOc1cc(-c2cc(OC)ncn2)sc1C#N.Clc1nc(Cl)nc(Cl)n1. The first kappa shape index (κ1) is 21.1. The number of halogens is 3. The zero-order valence-electron chi connectivity index (χ0n) is 14.0. The van der Waals surface area contributed by atoms with Crippen LogP contribution in [0.2, 0.25) is 15.9 Å². The van der Waals surface area contributed by atoms with Gasteiger partial charge in [0.1, 0.15) is 23.0 Å². The molecular weight excluding hydrogens is 435 g/mol. The van der Waals surface area contributed by atoms with Gasteiger partial charge in [0.2, 0.25) is 21.7 Å². The molecule has 3 rings (SSSR count). The van der Waals surface area contributed by atoms with Crippen molar-refractivity contribution in [3.8, 4) is 28.3 Å². The Morgan fingerprint density at radius 3 is 2.22 bits per heavy atom. The van der Waals surface area contributed by atoms with Crippen LogP contribution >= 0.6 is 46.1 Å². The number of hydrogen-bond donors (Lipinski definition) is 0. The molecule has 0 radical (unpaired) electrons. The second-order valence-electron chi connectivity index (χ2n) is 4.44. The Morgan fingerprint density at radius 2 is 1.70 bits per heavy atom. The fraction of sp³-hybridized carbons (Fsp3) is 0.200. The molecule has 0 amide bonds. The highest BCUT2D eigenvalue weighted by molar-refractivity contribution is 7.16. The Labute approximate surface area is 173 Å². The molecule has 0 aliphatic rings. The molecule has 0 fully saturated rings. The van der Waals surface area contributed by atoms with E-state index in [9.17, 15) is 0 Å². The van der Waals surface area contributed by atoms with Crippen LogP contribution in [0, 0.1) is 11.3 Å². The maximum absolute atomic E-state index is 9.03. The molecule has 0 bridgehead atoms. The van der Waals surface area contributed by atoms with Gasteiger partial charge in [-0.1, -0.05) is 0 Å². The predicted octanol–water partition coefficient (Wildman–Crippen LogP) is 4.32. The van der Waals surface area contributed by atoms with Crippen molar-refractivity contribution in [2.45, 2.75) is 6.92 Å². The van der Waals surface area contributed by atoms with E-state index in [0.717, 1.165) is 4.88 Å². The highest BCUT2D eigenvalue weighted by Gasteiger charge is 2.12. The zero-order chi connectivity index (χ0) is 19.8. The lowest BCUT2D eigenvalue weighted by Gasteiger charge is -1.99. The summed E-state index contributed by atoms with van der Waals surface area (Å²) >= 11 is 17.3. The number of thiophene rings is 1. The van der Waals surface area contributed by atoms with Gasteiger partial charge in [-0.2, -0.15) is 20.2 Å². The zero-order valence-corrected chi connectivity index (χ0v) is 17.1. The fourth-order valence-electron chi connectivity index (χ4n) is 1.73. The van der Waals surface area contributed by atoms with Gasteiger partial charge < -0.3 is 9.47 Å². The Kier molecular flexibility index (Phi) is 7.94. The minimum atomic E-state index is 0.000000000000000444. The van der Waals surface area contributed by atoms with Gasteiger partial charge in [-0.3, -0.25) is 0 Å². The lowest BCUT2D eigenvalue weighted by atomic mass is 10.3. The fourth-order valence-corrected chi connectivity index (χ4v) is 3.21. The Bertz CT molecular complexity index is 912. The lowest BCUT2D eigenvalue weighted by Crippen LogP contribution is -1.91. The van der Waals surface area contributed by atoms with Crippen LogP contribution in [0.3, 0.4) is 0 Å². The van der Waals surface area contributed by atoms with Gasteiger partial charge in [-0.25, -0.2) is 9.97 Å². The van der Waals surface area contributed by atoms with Gasteiger partial charge in [0.05, 0.1) is 24.3 Å². The molecule has 3 aromatic heterocycles. The van der Waals surface area contributed by atoms with Crippen molar-refractivity contribution in [3.05, 3.63) is 39.2 Å². The number of nitriles is 1. The number of aromatic nitrogens is 5. The highest BCUT2D eigenvalue weighted by Crippen LogP contribution is 2.35. The molecule has 0 spiro atoms. The minimum Gasteiger partial charge on any atom is -0.492 e. The van der Waals surface area contributed by atoms with E-state index >= 15 is 0 Å². The molecular formula is C15H11Cl3N6O2S. The average Bonchev–Trinajstić information content (AvgIpc) is 3.04. The molecule has 27 heavy (non-hydrogen) atoms. The van der Waals surface area contributed by atoms with Crippen molar-refractivity contribution in [1.29, 1.82) is 5.26 Å². The van der Waals surface area contributed by atoms with E-state index in [0.29, 0.717) is 28.8 Å². The van der Waals surface area contributed by atoms with Crippen molar-refractivity contribution in [2.24, 2.45) is 0 Å². The molecule has 12 heteroatoms. The number of ether oxygens (including phenoxy) is 2. The number of nitrogens with zero attached hydrogens (tertiary/aromatic N) is 6. The smallest absolute Gasteiger partial charge is 0.227 e. The summed E-state index contributed by atoms with van der Waals surface area (Å²) in [5.74, 6) is 1.09. The molecule has 0 atom stereocenters. The second-order valence-corrected chi connectivity index (χ2v) is 6.50. The Morgan fingerprint density at radius 1 is 1.07 bits per heavy atom. The third-order valence-corrected chi connectivity index (χ3v) is 4.31. The van der Waals surface area contributed by atoms with Crippen LogP contribution in [-0.4, -0.2) is 38.6 Å². The number of rotatable bonds is 4. The number of methoxy groups -OCH3 is 1. The minimum absolute atomic E-state index is 0.000000000000000444. The third-order valence-electron chi connectivity index (χ3n) is 2.76. The maximum Gasteiger partial charge on any atom is 0.227 e.